The lowest BCUT2D eigenvalue weighted by Crippen LogP contribution is -2.38. The number of likely N-dealkylation sites (N-methyl/N-ethyl adjacent to an activating group) is 1. The summed E-state index contributed by atoms with van der Waals surface area (Å²) < 4.78 is 7.80. The molecule has 2 heterocycles. The van der Waals surface area contributed by atoms with Gasteiger partial charge in [0, 0.05) is 26.7 Å². The number of imidazole rings is 1. The lowest BCUT2D eigenvalue weighted by molar-refractivity contribution is -0.121. The smallest absolute Gasteiger partial charge is 0.239 e. The molecule has 0 saturated heterocycles. The van der Waals surface area contributed by atoms with E-state index in [9.17, 15) is 9.90 Å². The summed E-state index contributed by atoms with van der Waals surface area (Å²) in [7, 11) is 1.63. The maximum Gasteiger partial charge on any atom is 0.239 e. The second-order valence-corrected chi connectivity index (χ2v) is 9.00. The monoisotopic (exact) mass is 470 g/mol. The number of rotatable bonds is 8. The summed E-state index contributed by atoms with van der Waals surface area (Å²) in [4.78, 5) is 18.5. The minimum atomic E-state index is -0.570. The number of nitrogens with zero attached hydrogens (tertiary/aromatic N) is 3. The van der Waals surface area contributed by atoms with Gasteiger partial charge in [-0.3, -0.25) is 9.69 Å². The number of aliphatic hydroxyl groups excluding tert-OH is 1. The molecule has 5 rings (SSSR count). The van der Waals surface area contributed by atoms with Crippen LogP contribution in [-0.2, 0) is 24.3 Å². The number of hydrogen-bond acceptors (Lipinski definition) is 5. The van der Waals surface area contributed by atoms with Gasteiger partial charge < -0.3 is 19.7 Å². The van der Waals surface area contributed by atoms with Crippen molar-refractivity contribution in [3.63, 3.8) is 0 Å². The Labute approximate surface area is 205 Å². The maximum absolute atomic E-state index is 11.8. The van der Waals surface area contributed by atoms with Crippen LogP contribution in [-0.4, -0.2) is 58.3 Å². The average molecular weight is 471 g/mol. The van der Waals surface area contributed by atoms with Crippen LogP contribution in [0.3, 0.4) is 0 Å². The highest BCUT2D eigenvalue weighted by Crippen LogP contribution is 2.27. The molecular weight excluding hydrogens is 440 g/mol. The van der Waals surface area contributed by atoms with Gasteiger partial charge in [-0.05, 0) is 52.9 Å². The third-order valence-corrected chi connectivity index (χ3v) is 6.50. The van der Waals surface area contributed by atoms with Crippen LogP contribution in [0.25, 0.3) is 22.2 Å². The van der Waals surface area contributed by atoms with Crippen LogP contribution in [0.15, 0.2) is 73.1 Å². The van der Waals surface area contributed by atoms with E-state index in [1.807, 2.05) is 47.0 Å². The molecule has 1 aromatic heterocycles. The lowest BCUT2D eigenvalue weighted by atomic mass is 10.00. The molecule has 180 valence electrons. The quantitative estimate of drug-likeness (QED) is 0.413. The molecule has 1 atom stereocenters. The second-order valence-electron chi connectivity index (χ2n) is 9.00. The van der Waals surface area contributed by atoms with Crippen LogP contribution in [0.5, 0.6) is 5.75 Å². The van der Waals surface area contributed by atoms with Crippen molar-refractivity contribution >= 4 is 16.9 Å². The summed E-state index contributed by atoms with van der Waals surface area (Å²) in [5.41, 5.74) is 6.49. The number of aliphatic hydroxyl groups is 1. The van der Waals surface area contributed by atoms with Gasteiger partial charge in [-0.1, -0.05) is 42.5 Å². The van der Waals surface area contributed by atoms with Crippen LogP contribution in [0, 0.1) is 0 Å². The van der Waals surface area contributed by atoms with Gasteiger partial charge in [0.15, 0.2) is 0 Å². The fraction of sp³-hybridized carbons (Fsp3) is 0.286. The molecule has 7 heteroatoms. The van der Waals surface area contributed by atoms with Crippen molar-refractivity contribution in [3.05, 3.63) is 84.2 Å². The number of carbonyl (C=O) groups is 1. The molecule has 0 radical (unpaired) electrons. The van der Waals surface area contributed by atoms with Crippen molar-refractivity contribution < 1.29 is 14.6 Å². The first kappa shape index (κ1) is 23.1. The molecule has 0 fully saturated rings. The Hall–Kier alpha value is -3.68. The summed E-state index contributed by atoms with van der Waals surface area (Å²) >= 11 is 0. The highest BCUT2D eigenvalue weighted by Gasteiger charge is 2.19. The molecule has 4 aromatic rings. The van der Waals surface area contributed by atoms with Crippen LogP contribution in [0.1, 0.15) is 11.1 Å². The van der Waals surface area contributed by atoms with E-state index in [2.05, 4.69) is 39.5 Å². The van der Waals surface area contributed by atoms with Crippen LogP contribution in [0.4, 0.5) is 0 Å². The Morgan fingerprint density at radius 1 is 1.09 bits per heavy atom. The molecule has 2 N–H and O–H groups in total. The van der Waals surface area contributed by atoms with E-state index >= 15 is 0 Å². The van der Waals surface area contributed by atoms with Gasteiger partial charge >= 0.3 is 0 Å². The number of fused-ring (bicyclic) bond motifs is 2. The lowest BCUT2D eigenvalue weighted by Gasteiger charge is -2.30. The minimum absolute atomic E-state index is 0.0718. The zero-order valence-corrected chi connectivity index (χ0v) is 19.9. The predicted molar refractivity (Wildman–Crippen MR) is 136 cm³/mol. The number of hydrogen-bond donors (Lipinski definition) is 2. The zero-order valence-electron chi connectivity index (χ0n) is 19.9. The van der Waals surface area contributed by atoms with E-state index in [1.54, 1.807) is 13.4 Å². The summed E-state index contributed by atoms with van der Waals surface area (Å²) in [5.74, 6) is 0.641. The molecule has 35 heavy (non-hydrogen) atoms. The first-order valence-corrected chi connectivity index (χ1v) is 11.9. The molecule has 1 aliphatic heterocycles. The Bertz CT molecular complexity index is 1330. The van der Waals surface area contributed by atoms with E-state index < -0.39 is 6.10 Å². The number of benzene rings is 3. The molecule has 0 saturated carbocycles. The highest BCUT2D eigenvalue weighted by molar-refractivity contribution is 5.84. The van der Waals surface area contributed by atoms with Crippen LogP contribution >= 0.6 is 0 Å². The Morgan fingerprint density at radius 3 is 2.77 bits per heavy atom. The summed E-state index contributed by atoms with van der Waals surface area (Å²) in [6.45, 7) is 2.85. The number of amides is 1. The second kappa shape index (κ2) is 10.3. The average Bonchev–Trinajstić information content (AvgIpc) is 3.29. The molecule has 1 unspecified atom stereocenters. The Balaban J connectivity index is 1.23. The van der Waals surface area contributed by atoms with Crippen LogP contribution in [0.2, 0.25) is 0 Å². The number of carbonyl (C=O) groups excluding carboxylic acids is 1. The van der Waals surface area contributed by atoms with Gasteiger partial charge in [0.1, 0.15) is 25.0 Å². The minimum Gasteiger partial charge on any atom is -0.491 e. The summed E-state index contributed by atoms with van der Waals surface area (Å²) in [6.07, 6.45) is 2.13. The molecule has 3 aromatic carbocycles. The van der Waals surface area contributed by atoms with E-state index in [0.29, 0.717) is 12.3 Å². The molecule has 0 bridgehead atoms. The highest BCUT2D eigenvalue weighted by atomic mass is 16.5. The molecule has 7 nitrogen and oxygen atoms in total. The summed E-state index contributed by atoms with van der Waals surface area (Å²) in [5, 5.41) is 13.3. The van der Waals surface area contributed by atoms with Crippen molar-refractivity contribution in [2.45, 2.75) is 25.6 Å². The predicted octanol–water partition coefficient (Wildman–Crippen LogP) is 3.25. The number of aromatic nitrogens is 2. The summed E-state index contributed by atoms with van der Waals surface area (Å²) in [6, 6.07) is 22.4. The Kier molecular flexibility index (Phi) is 6.79. The SMILES string of the molecule is CNC(=O)Cn1cnc2ccc(-c3cccc(OCC(O)CN4CCc5ccccc5C4)c3)cc21. The van der Waals surface area contributed by atoms with E-state index in [1.165, 1.54) is 11.1 Å². The normalized spacial score (nSPS) is 14.5. The maximum atomic E-state index is 11.8. The standard InChI is InChI=1S/C28H30N4O3/c1-29-28(34)17-32-19-30-26-10-9-22(14-27(26)32)21-7-4-8-25(13-21)35-18-24(33)16-31-12-11-20-5-2-3-6-23(20)15-31/h2-10,13-14,19,24,33H,11-12,15-18H2,1H3,(H,29,34). The number of β-amino-alcohol motifs (C(OH)–C–C–N with tert-alkyl or cyclic N) is 1. The van der Waals surface area contributed by atoms with Gasteiger partial charge in [0.2, 0.25) is 5.91 Å². The third-order valence-electron chi connectivity index (χ3n) is 6.50. The van der Waals surface area contributed by atoms with Gasteiger partial charge in [0.05, 0.1) is 17.4 Å². The van der Waals surface area contributed by atoms with Crippen LogP contribution < -0.4 is 10.1 Å². The van der Waals surface area contributed by atoms with Gasteiger partial charge in [-0.25, -0.2) is 4.98 Å². The fourth-order valence-electron chi connectivity index (χ4n) is 4.61. The number of ether oxygens (including phenoxy) is 1. The molecule has 1 aliphatic rings. The number of nitrogens with one attached hydrogen (secondary N) is 1. The molecule has 1 amide bonds. The van der Waals surface area contributed by atoms with Crippen molar-refractivity contribution in [2.24, 2.45) is 0 Å². The zero-order chi connectivity index (χ0) is 24.2. The van der Waals surface area contributed by atoms with E-state index in [0.717, 1.165) is 41.7 Å². The van der Waals surface area contributed by atoms with Crippen molar-refractivity contribution in [1.82, 2.24) is 19.8 Å². The third kappa shape index (κ3) is 5.37. The first-order chi connectivity index (χ1) is 17.1. The molecule has 0 aliphatic carbocycles. The van der Waals surface area contributed by atoms with Crippen molar-refractivity contribution in [3.8, 4) is 16.9 Å². The van der Waals surface area contributed by atoms with E-state index in [-0.39, 0.29) is 19.1 Å². The first-order valence-electron chi connectivity index (χ1n) is 11.9. The van der Waals surface area contributed by atoms with Crippen molar-refractivity contribution in [2.75, 3.05) is 26.7 Å². The largest absolute Gasteiger partial charge is 0.491 e. The fourth-order valence-corrected chi connectivity index (χ4v) is 4.61. The van der Waals surface area contributed by atoms with Crippen molar-refractivity contribution in [1.29, 1.82) is 0 Å². The Morgan fingerprint density at radius 2 is 1.91 bits per heavy atom. The molecular formula is C28H30N4O3. The van der Waals surface area contributed by atoms with Gasteiger partial charge in [0.25, 0.3) is 0 Å². The molecule has 0 spiro atoms. The van der Waals surface area contributed by atoms with E-state index in [4.69, 9.17) is 4.74 Å². The van der Waals surface area contributed by atoms with Gasteiger partial charge in [-0.2, -0.15) is 0 Å². The van der Waals surface area contributed by atoms with Gasteiger partial charge in [-0.15, -0.1) is 0 Å². The topological polar surface area (TPSA) is 79.6 Å².